The lowest BCUT2D eigenvalue weighted by Crippen LogP contribution is -2.51. The lowest BCUT2D eigenvalue weighted by Gasteiger charge is -2.34. The van der Waals surface area contributed by atoms with Gasteiger partial charge in [0, 0.05) is 38.3 Å². The van der Waals surface area contributed by atoms with Crippen LogP contribution in [0.15, 0.2) is 114 Å². The molecule has 43 heavy (non-hydrogen) atoms. The number of rotatable bonds is 11. The molecule has 0 bridgehead atoms. The second-order valence-electron chi connectivity index (χ2n) is 10.2. The summed E-state index contributed by atoms with van der Waals surface area (Å²) in [5.74, 6) is 0.333. The van der Waals surface area contributed by atoms with Gasteiger partial charge in [0.05, 0.1) is 17.1 Å². The summed E-state index contributed by atoms with van der Waals surface area (Å²) < 4.78 is 34.6. The van der Waals surface area contributed by atoms with E-state index in [4.69, 9.17) is 4.74 Å². The van der Waals surface area contributed by atoms with Crippen LogP contribution in [0.3, 0.4) is 0 Å². The lowest BCUT2D eigenvalue weighted by atomic mass is 10.1. The number of hydrogen-bond acceptors (Lipinski definition) is 6. The fourth-order valence-corrected chi connectivity index (χ4v) is 5.84. The molecule has 4 aromatic rings. The number of para-hydroxylation sites is 3. The zero-order valence-corrected chi connectivity index (χ0v) is 24.5. The van der Waals surface area contributed by atoms with Crippen molar-refractivity contribution < 1.29 is 22.7 Å². The van der Waals surface area contributed by atoms with Crippen LogP contribution >= 0.6 is 0 Å². The van der Waals surface area contributed by atoms with Gasteiger partial charge in [0.15, 0.2) is 5.75 Å². The van der Waals surface area contributed by atoms with E-state index >= 15 is 0 Å². The van der Waals surface area contributed by atoms with Crippen molar-refractivity contribution in [2.24, 2.45) is 0 Å². The normalized spacial score (nSPS) is 13.7. The predicted octanol–water partition coefficient (Wildman–Crippen LogP) is 4.40. The van der Waals surface area contributed by atoms with Crippen LogP contribution in [0.4, 0.5) is 5.69 Å². The highest BCUT2D eigenvalue weighted by molar-refractivity contribution is 7.92. The van der Waals surface area contributed by atoms with E-state index in [-0.39, 0.29) is 28.6 Å². The fraction of sp³-hybridized carbons (Fsp3) is 0.212. The topological polar surface area (TPSA) is 108 Å². The minimum absolute atomic E-state index is 0.0141. The van der Waals surface area contributed by atoms with Gasteiger partial charge < -0.3 is 15.0 Å². The summed E-state index contributed by atoms with van der Waals surface area (Å²) in [5.41, 5.74) is 1.83. The quantitative estimate of drug-likeness (QED) is 0.265. The van der Waals surface area contributed by atoms with Gasteiger partial charge in [-0.15, -0.1) is 0 Å². The van der Waals surface area contributed by atoms with Gasteiger partial charge in [0.25, 0.3) is 15.9 Å². The molecule has 1 heterocycles. The zero-order chi connectivity index (χ0) is 30.1. The number of benzene rings is 4. The van der Waals surface area contributed by atoms with Crippen molar-refractivity contribution in [3.05, 3.63) is 120 Å². The van der Waals surface area contributed by atoms with Crippen molar-refractivity contribution >= 4 is 27.5 Å². The van der Waals surface area contributed by atoms with Crippen LogP contribution in [0, 0.1) is 0 Å². The number of carbonyl (C=O) groups is 2. The predicted molar refractivity (Wildman–Crippen MR) is 166 cm³/mol. The summed E-state index contributed by atoms with van der Waals surface area (Å²) in [6.07, 6.45) is 0.969. The Kier molecular flexibility index (Phi) is 9.70. The summed E-state index contributed by atoms with van der Waals surface area (Å²) in [6, 6.07) is 31.7. The highest BCUT2D eigenvalue weighted by atomic mass is 32.2. The van der Waals surface area contributed by atoms with Crippen LogP contribution in [0.5, 0.6) is 11.5 Å². The van der Waals surface area contributed by atoms with Gasteiger partial charge in [-0.05, 0) is 60.5 Å². The molecule has 0 unspecified atom stereocenters. The van der Waals surface area contributed by atoms with Gasteiger partial charge in [-0.25, -0.2) is 8.42 Å². The van der Waals surface area contributed by atoms with Crippen molar-refractivity contribution in [1.29, 1.82) is 0 Å². The van der Waals surface area contributed by atoms with E-state index in [9.17, 15) is 18.0 Å². The number of sulfonamides is 1. The smallest absolute Gasteiger partial charge is 0.262 e. The first kappa shape index (κ1) is 29.8. The zero-order valence-electron chi connectivity index (χ0n) is 23.7. The average Bonchev–Trinajstić information content (AvgIpc) is 3.04. The highest BCUT2D eigenvalue weighted by Crippen LogP contribution is 2.31. The van der Waals surface area contributed by atoms with E-state index < -0.39 is 15.9 Å². The molecule has 0 aromatic heterocycles. The molecular formula is C33H34N4O5S. The van der Waals surface area contributed by atoms with Crippen molar-refractivity contribution in [3.63, 3.8) is 0 Å². The SMILES string of the molecule is O=C(NCC(=O)N1CCN(CCc2ccccc2)CC1)c1ccc(S(=O)(=O)Nc2ccccc2Oc2ccccc2)cc1. The van der Waals surface area contributed by atoms with Crippen LogP contribution in [-0.4, -0.2) is 69.3 Å². The molecule has 1 aliphatic heterocycles. The standard InChI is InChI=1S/C33H34N4O5S/c38-32(37-23-21-36(22-24-37)20-19-26-9-3-1-4-10-26)25-34-33(39)27-15-17-29(18-16-27)43(40,41)35-30-13-7-8-14-31(30)42-28-11-5-2-6-12-28/h1-18,35H,19-25H2,(H,34,39). The Balaban J connectivity index is 1.10. The fourth-order valence-electron chi connectivity index (χ4n) is 4.77. The van der Waals surface area contributed by atoms with E-state index in [2.05, 4.69) is 27.1 Å². The average molecular weight is 599 g/mol. The summed E-state index contributed by atoms with van der Waals surface area (Å²) in [7, 11) is -3.96. The van der Waals surface area contributed by atoms with Crippen LogP contribution in [0.1, 0.15) is 15.9 Å². The molecule has 1 fully saturated rings. The molecule has 1 aliphatic rings. The summed E-state index contributed by atoms with van der Waals surface area (Å²) in [6.45, 7) is 3.63. The van der Waals surface area contributed by atoms with E-state index in [0.717, 1.165) is 26.1 Å². The third-order valence-corrected chi connectivity index (χ3v) is 8.60. The number of nitrogens with zero attached hydrogens (tertiary/aromatic N) is 2. The van der Waals surface area contributed by atoms with Crippen molar-refractivity contribution in [1.82, 2.24) is 15.1 Å². The van der Waals surface area contributed by atoms with Crippen LogP contribution in [0.2, 0.25) is 0 Å². The van der Waals surface area contributed by atoms with Gasteiger partial charge in [-0.1, -0.05) is 60.7 Å². The van der Waals surface area contributed by atoms with Gasteiger partial charge in [-0.2, -0.15) is 0 Å². The first-order chi connectivity index (χ1) is 20.9. The number of ether oxygens (including phenoxy) is 1. The third-order valence-electron chi connectivity index (χ3n) is 7.21. The summed E-state index contributed by atoms with van der Waals surface area (Å²) in [5, 5.41) is 2.66. The molecule has 4 aromatic carbocycles. The Morgan fingerprint density at radius 2 is 1.37 bits per heavy atom. The molecule has 0 radical (unpaired) electrons. The Morgan fingerprint density at radius 1 is 0.744 bits per heavy atom. The molecule has 0 spiro atoms. The van der Waals surface area contributed by atoms with Crippen molar-refractivity contribution in [3.8, 4) is 11.5 Å². The monoisotopic (exact) mass is 598 g/mol. The summed E-state index contributed by atoms with van der Waals surface area (Å²) >= 11 is 0. The molecule has 2 N–H and O–H groups in total. The van der Waals surface area contributed by atoms with Crippen LogP contribution < -0.4 is 14.8 Å². The molecule has 0 saturated carbocycles. The number of amides is 2. The molecule has 222 valence electrons. The van der Waals surface area contributed by atoms with Crippen LogP contribution in [0.25, 0.3) is 0 Å². The van der Waals surface area contributed by atoms with Gasteiger partial charge in [0.1, 0.15) is 5.75 Å². The van der Waals surface area contributed by atoms with Crippen molar-refractivity contribution in [2.75, 3.05) is 44.0 Å². The van der Waals surface area contributed by atoms with Gasteiger partial charge in [0.2, 0.25) is 5.91 Å². The van der Waals surface area contributed by atoms with Gasteiger partial charge >= 0.3 is 0 Å². The van der Waals surface area contributed by atoms with E-state index in [1.807, 2.05) is 36.4 Å². The molecule has 1 saturated heterocycles. The van der Waals surface area contributed by atoms with E-state index in [1.165, 1.54) is 29.8 Å². The third kappa shape index (κ3) is 8.21. The first-order valence-corrected chi connectivity index (χ1v) is 15.6. The molecule has 0 aliphatic carbocycles. The largest absolute Gasteiger partial charge is 0.455 e. The number of anilines is 1. The Bertz CT molecular complexity index is 1620. The maximum Gasteiger partial charge on any atom is 0.262 e. The minimum atomic E-state index is -3.96. The number of piperazine rings is 1. The number of nitrogens with one attached hydrogen (secondary N) is 2. The van der Waals surface area contributed by atoms with E-state index in [1.54, 1.807) is 41.3 Å². The van der Waals surface area contributed by atoms with Crippen molar-refractivity contribution in [2.45, 2.75) is 11.3 Å². The molecule has 5 rings (SSSR count). The Labute approximate surface area is 252 Å². The Hall–Kier alpha value is -4.67. The molecule has 2 amide bonds. The minimum Gasteiger partial charge on any atom is -0.455 e. The maximum absolute atomic E-state index is 13.1. The second-order valence-corrected chi connectivity index (χ2v) is 11.9. The Morgan fingerprint density at radius 3 is 2.07 bits per heavy atom. The first-order valence-electron chi connectivity index (χ1n) is 14.1. The molecule has 10 heteroatoms. The number of carbonyl (C=O) groups excluding carboxylic acids is 2. The molecule has 9 nitrogen and oxygen atoms in total. The van der Waals surface area contributed by atoms with Gasteiger partial charge in [-0.3, -0.25) is 19.2 Å². The lowest BCUT2D eigenvalue weighted by molar-refractivity contribution is -0.131. The highest BCUT2D eigenvalue weighted by Gasteiger charge is 2.22. The van der Waals surface area contributed by atoms with E-state index in [0.29, 0.717) is 24.6 Å². The van der Waals surface area contributed by atoms with Crippen LogP contribution in [-0.2, 0) is 21.2 Å². The molecule has 0 atom stereocenters. The maximum atomic E-state index is 13.1. The molecular weight excluding hydrogens is 564 g/mol. The number of hydrogen-bond donors (Lipinski definition) is 2. The summed E-state index contributed by atoms with van der Waals surface area (Å²) in [4.78, 5) is 29.5. The second kappa shape index (κ2) is 14.0.